The van der Waals surface area contributed by atoms with Crippen LogP contribution in [0.4, 0.5) is 5.69 Å². The summed E-state index contributed by atoms with van der Waals surface area (Å²) in [5, 5.41) is 6.33. The maximum atomic E-state index is 13.0. The van der Waals surface area contributed by atoms with Gasteiger partial charge in [-0.25, -0.2) is 0 Å². The molecule has 1 fully saturated rings. The van der Waals surface area contributed by atoms with Crippen LogP contribution in [0.1, 0.15) is 42.0 Å². The van der Waals surface area contributed by atoms with E-state index < -0.39 is 6.04 Å². The summed E-state index contributed by atoms with van der Waals surface area (Å²) in [5.74, 6) is 0.0419. The lowest BCUT2D eigenvalue weighted by molar-refractivity contribution is -0.130. The van der Waals surface area contributed by atoms with Gasteiger partial charge in [0.2, 0.25) is 11.8 Å². The molecule has 0 unspecified atom stereocenters. The SMILES string of the molecule is Cc1ccc(C)c(NC(=O)[C@H](NCCC(=O)N2CCCC2)c2ccccc2)c1. The Hall–Kier alpha value is -2.66. The Kier molecular flexibility index (Phi) is 6.82. The van der Waals surface area contributed by atoms with E-state index in [4.69, 9.17) is 0 Å². The van der Waals surface area contributed by atoms with Gasteiger partial charge in [-0.2, -0.15) is 0 Å². The number of carbonyl (C=O) groups excluding carboxylic acids is 2. The van der Waals surface area contributed by atoms with Crippen LogP contribution in [0.2, 0.25) is 0 Å². The number of hydrogen-bond acceptors (Lipinski definition) is 3. The number of aryl methyl sites for hydroxylation is 2. The third-order valence-corrected chi connectivity index (χ3v) is 5.19. The summed E-state index contributed by atoms with van der Waals surface area (Å²) in [6.45, 7) is 6.16. The first-order chi connectivity index (χ1) is 13.5. The highest BCUT2D eigenvalue weighted by atomic mass is 16.2. The molecule has 0 bridgehead atoms. The summed E-state index contributed by atoms with van der Waals surface area (Å²) in [5.41, 5.74) is 3.83. The molecule has 1 aliphatic rings. The summed E-state index contributed by atoms with van der Waals surface area (Å²) < 4.78 is 0. The molecule has 148 valence electrons. The van der Waals surface area contributed by atoms with E-state index in [1.807, 2.05) is 67.3 Å². The van der Waals surface area contributed by atoms with Crippen molar-refractivity contribution in [3.63, 3.8) is 0 Å². The number of anilines is 1. The average Bonchev–Trinajstić information content (AvgIpc) is 3.23. The fraction of sp³-hybridized carbons (Fsp3) is 0.391. The van der Waals surface area contributed by atoms with Gasteiger partial charge in [-0.3, -0.25) is 9.59 Å². The largest absolute Gasteiger partial charge is 0.343 e. The Labute approximate surface area is 167 Å². The van der Waals surface area contributed by atoms with Crippen LogP contribution in [0.15, 0.2) is 48.5 Å². The van der Waals surface area contributed by atoms with Crippen LogP contribution in [0.5, 0.6) is 0 Å². The molecule has 2 aromatic rings. The van der Waals surface area contributed by atoms with Gasteiger partial charge in [0.05, 0.1) is 0 Å². The molecule has 2 aromatic carbocycles. The van der Waals surface area contributed by atoms with E-state index in [9.17, 15) is 9.59 Å². The molecular weight excluding hydrogens is 350 g/mol. The van der Waals surface area contributed by atoms with E-state index in [2.05, 4.69) is 10.6 Å². The Morgan fingerprint density at radius 2 is 1.75 bits per heavy atom. The Morgan fingerprint density at radius 3 is 2.46 bits per heavy atom. The molecule has 0 spiro atoms. The van der Waals surface area contributed by atoms with Gasteiger partial charge in [0.25, 0.3) is 0 Å². The highest BCUT2D eigenvalue weighted by molar-refractivity contribution is 5.96. The maximum absolute atomic E-state index is 13.0. The molecule has 5 heteroatoms. The van der Waals surface area contributed by atoms with Crippen molar-refractivity contribution in [2.75, 3.05) is 25.0 Å². The van der Waals surface area contributed by atoms with Crippen LogP contribution in [0.25, 0.3) is 0 Å². The van der Waals surface area contributed by atoms with Crippen molar-refractivity contribution in [3.8, 4) is 0 Å². The standard InChI is InChI=1S/C23H29N3O2/c1-17-10-11-18(2)20(16-17)25-23(28)22(19-8-4-3-5-9-19)24-13-12-21(27)26-14-6-7-15-26/h3-5,8-11,16,22,24H,6-7,12-15H2,1-2H3,(H,25,28)/t22-/m1/s1. The van der Waals surface area contributed by atoms with E-state index >= 15 is 0 Å². The minimum atomic E-state index is -0.507. The van der Waals surface area contributed by atoms with Gasteiger partial charge in [0.15, 0.2) is 0 Å². The molecule has 5 nitrogen and oxygen atoms in total. The normalized spacial score (nSPS) is 14.7. The van der Waals surface area contributed by atoms with Crippen LogP contribution < -0.4 is 10.6 Å². The van der Waals surface area contributed by atoms with E-state index in [0.29, 0.717) is 13.0 Å². The summed E-state index contributed by atoms with van der Waals surface area (Å²) >= 11 is 0. The summed E-state index contributed by atoms with van der Waals surface area (Å²) in [4.78, 5) is 27.2. The third-order valence-electron chi connectivity index (χ3n) is 5.19. The Morgan fingerprint density at radius 1 is 1.04 bits per heavy atom. The van der Waals surface area contributed by atoms with Gasteiger partial charge in [-0.15, -0.1) is 0 Å². The molecule has 0 aromatic heterocycles. The second-order valence-electron chi connectivity index (χ2n) is 7.44. The first-order valence-corrected chi connectivity index (χ1v) is 9.99. The topological polar surface area (TPSA) is 61.4 Å². The molecule has 0 radical (unpaired) electrons. The van der Waals surface area contributed by atoms with Crippen molar-refractivity contribution in [1.82, 2.24) is 10.2 Å². The molecule has 28 heavy (non-hydrogen) atoms. The molecule has 1 atom stereocenters. The Balaban J connectivity index is 1.67. The number of hydrogen-bond donors (Lipinski definition) is 2. The first kappa shape index (κ1) is 20.1. The molecule has 1 aliphatic heterocycles. The van der Waals surface area contributed by atoms with Crippen LogP contribution in [-0.4, -0.2) is 36.3 Å². The molecular formula is C23H29N3O2. The average molecular weight is 380 g/mol. The number of nitrogens with zero attached hydrogens (tertiary/aromatic N) is 1. The predicted molar refractivity (Wildman–Crippen MR) is 112 cm³/mol. The molecule has 1 heterocycles. The fourth-order valence-electron chi connectivity index (χ4n) is 3.53. The molecule has 2 N–H and O–H groups in total. The second-order valence-corrected chi connectivity index (χ2v) is 7.44. The molecule has 2 amide bonds. The Bertz CT molecular complexity index is 814. The van der Waals surface area contributed by atoms with Crippen molar-refractivity contribution < 1.29 is 9.59 Å². The van der Waals surface area contributed by atoms with Crippen molar-refractivity contribution >= 4 is 17.5 Å². The van der Waals surface area contributed by atoms with Gasteiger partial charge in [0, 0.05) is 31.7 Å². The second kappa shape index (κ2) is 9.51. The van der Waals surface area contributed by atoms with Crippen LogP contribution >= 0.6 is 0 Å². The fourth-order valence-corrected chi connectivity index (χ4v) is 3.53. The number of nitrogens with one attached hydrogen (secondary N) is 2. The number of rotatable bonds is 7. The van der Waals surface area contributed by atoms with Gasteiger partial charge in [-0.05, 0) is 49.4 Å². The zero-order chi connectivity index (χ0) is 19.9. The van der Waals surface area contributed by atoms with Gasteiger partial charge in [0.1, 0.15) is 6.04 Å². The zero-order valence-corrected chi connectivity index (χ0v) is 16.7. The van der Waals surface area contributed by atoms with Gasteiger partial charge in [-0.1, -0.05) is 42.5 Å². The lowest BCUT2D eigenvalue weighted by atomic mass is 10.0. The van der Waals surface area contributed by atoms with Crippen molar-refractivity contribution in [2.24, 2.45) is 0 Å². The van der Waals surface area contributed by atoms with E-state index in [0.717, 1.165) is 48.3 Å². The zero-order valence-electron chi connectivity index (χ0n) is 16.7. The molecule has 0 saturated carbocycles. The van der Waals surface area contributed by atoms with E-state index in [1.54, 1.807) is 0 Å². The van der Waals surface area contributed by atoms with Crippen LogP contribution in [-0.2, 0) is 9.59 Å². The molecule has 0 aliphatic carbocycles. The first-order valence-electron chi connectivity index (χ1n) is 9.99. The number of amides is 2. The van der Waals surface area contributed by atoms with Crippen molar-refractivity contribution in [1.29, 1.82) is 0 Å². The monoisotopic (exact) mass is 379 g/mol. The molecule has 3 rings (SSSR count). The lowest BCUT2D eigenvalue weighted by Crippen LogP contribution is -2.36. The summed E-state index contributed by atoms with van der Waals surface area (Å²) in [6, 6.07) is 15.1. The summed E-state index contributed by atoms with van der Waals surface area (Å²) in [7, 11) is 0. The predicted octanol–water partition coefficient (Wildman–Crippen LogP) is 3.59. The van der Waals surface area contributed by atoms with E-state index in [-0.39, 0.29) is 11.8 Å². The maximum Gasteiger partial charge on any atom is 0.246 e. The summed E-state index contributed by atoms with van der Waals surface area (Å²) in [6.07, 6.45) is 2.58. The van der Waals surface area contributed by atoms with Crippen molar-refractivity contribution in [2.45, 2.75) is 39.2 Å². The molecule has 1 saturated heterocycles. The van der Waals surface area contributed by atoms with E-state index in [1.165, 1.54) is 0 Å². The number of likely N-dealkylation sites (tertiary alicyclic amines) is 1. The van der Waals surface area contributed by atoms with Crippen LogP contribution in [0, 0.1) is 13.8 Å². The van der Waals surface area contributed by atoms with Gasteiger partial charge >= 0.3 is 0 Å². The van der Waals surface area contributed by atoms with Crippen LogP contribution in [0.3, 0.4) is 0 Å². The highest BCUT2D eigenvalue weighted by Crippen LogP contribution is 2.20. The third kappa shape index (κ3) is 5.20. The van der Waals surface area contributed by atoms with Gasteiger partial charge < -0.3 is 15.5 Å². The minimum Gasteiger partial charge on any atom is -0.343 e. The van der Waals surface area contributed by atoms with Crippen molar-refractivity contribution in [3.05, 3.63) is 65.2 Å². The number of carbonyl (C=O) groups is 2. The minimum absolute atomic E-state index is 0.117. The lowest BCUT2D eigenvalue weighted by Gasteiger charge is -2.21. The highest BCUT2D eigenvalue weighted by Gasteiger charge is 2.22. The smallest absolute Gasteiger partial charge is 0.246 e. The quantitative estimate of drug-likeness (QED) is 0.773. The number of benzene rings is 2.